The summed E-state index contributed by atoms with van der Waals surface area (Å²) in [4.78, 5) is 16.5. The molecular formula is C18H22N6O2. The van der Waals surface area contributed by atoms with Crippen LogP contribution >= 0.6 is 0 Å². The Bertz CT molecular complexity index is 841. The third kappa shape index (κ3) is 4.27. The summed E-state index contributed by atoms with van der Waals surface area (Å²) in [6.07, 6.45) is 5.85. The summed E-state index contributed by atoms with van der Waals surface area (Å²) < 4.78 is 7.33. The van der Waals surface area contributed by atoms with Crippen LogP contribution in [0.25, 0.3) is 11.5 Å². The molecule has 2 heterocycles. The summed E-state index contributed by atoms with van der Waals surface area (Å²) in [5.41, 5.74) is 1.30. The number of nitrogens with zero attached hydrogens (tertiary/aromatic N) is 4. The van der Waals surface area contributed by atoms with Gasteiger partial charge < -0.3 is 19.6 Å². The van der Waals surface area contributed by atoms with E-state index in [0.717, 1.165) is 18.8 Å². The fourth-order valence-corrected chi connectivity index (χ4v) is 2.70. The van der Waals surface area contributed by atoms with E-state index in [1.165, 1.54) is 6.39 Å². The van der Waals surface area contributed by atoms with Crippen LogP contribution in [0.3, 0.4) is 0 Å². The van der Waals surface area contributed by atoms with E-state index in [1.807, 2.05) is 30.6 Å². The Morgan fingerprint density at radius 3 is 2.92 bits per heavy atom. The average molecular weight is 354 g/mol. The lowest BCUT2D eigenvalue weighted by Gasteiger charge is -2.12. The Morgan fingerprint density at radius 2 is 2.15 bits per heavy atom. The molecular weight excluding hydrogens is 332 g/mol. The predicted molar refractivity (Wildman–Crippen MR) is 97.7 cm³/mol. The fourth-order valence-electron chi connectivity index (χ4n) is 2.70. The number of carbonyl (C=O) groups is 1. The third-order valence-corrected chi connectivity index (χ3v) is 3.89. The maximum atomic E-state index is 12.2. The molecule has 0 fully saturated rings. The second-order valence-corrected chi connectivity index (χ2v) is 6.16. The molecule has 0 spiro atoms. The van der Waals surface area contributed by atoms with E-state index in [4.69, 9.17) is 4.42 Å². The number of aryl methyl sites for hydroxylation is 1. The van der Waals surface area contributed by atoms with Crippen LogP contribution in [0, 0.1) is 0 Å². The zero-order chi connectivity index (χ0) is 18.4. The first-order valence-corrected chi connectivity index (χ1v) is 8.56. The van der Waals surface area contributed by atoms with Gasteiger partial charge in [-0.2, -0.15) is 0 Å². The highest BCUT2D eigenvalue weighted by molar-refractivity contribution is 5.93. The number of hydrogen-bond donors (Lipinski definition) is 2. The van der Waals surface area contributed by atoms with Crippen molar-refractivity contribution >= 4 is 11.7 Å². The average Bonchev–Trinajstić information content (AvgIpc) is 3.31. The number of rotatable bonds is 7. The molecule has 0 radical (unpaired) electrons. The minimum atomic E-state index is -0.272. The molecule has 8 heteroatoms. The number of anilines is 1. The van der Waals surface area contributed by atoms with Gasteiger partial charge in [-0.15, -0.1) is 10.2 Å². The molecule has 3 rings (SSSR count). The Morgan fingerprint density at radius 1 is 1.31 bits per heavy atom. The van der Waals surface area contributed by atoms with E-state index in [0.29, 0.717) is 29.6 Å². The smallest absolute Gasteiger partial charge is 0.319 e. The highest BCUT2D eigenvalue weighted by atomic mass is 16.4. The summed E-state index contributed by atoms with van der Waals surface area (Å²) in [7, 11) is 0. The molecule has 3 aromatic rings. The molecule has 0 aliphatic rings. The Labute approximate surface area is 151 Å². The standard InChI is InChI=1S/C18H22N6O2/c1-13(2)16-19-9-11-24(16)10-5-8-20-18(25)22-15-7-4-3-6-14(15)17-23-21-12-26-17/h3-4,6-7,9,11-13H,5,8,10H2,1-2H3,(H2,20,22,25). The van der Waals surface area contributed by atoms with Crippen LogP contribution in [0.15, 0.2) is 47.5 Å². The summed E-state index contributed by atoms with van der Waals surface area (Å²) >= 11 is 0. The largest absolute Gasteiger partial charge is 0.423 e. The molecule has 1 aromatic carbocycles. The van der Waals surface area contributed by atoms with Gasteiger partial charge in [-0.3, -0.25) is 0 Å². The predicted octanol–water partition coefficient (Wildman–Crippen LogP) is 3.27. The maximum absolute atomic E-state index is 12.2. The van der Waals surface area contributed by atoms with Crippen molar-refractivity contribution in [2.24, 2.45) is 0 Å². The molecule has 2 aromatic heterocycles. The fraction of sp³-hybridized carbons (Fsp3) is 0.333. The van der Waals surface area contributed by atoms with Gasteiger partial charge in [0.05, 0.1) is 11.3 Å². The maximum Gasteiger partial charge on any atom is 0.319 e. The van der Waals surface area contributed by atoms with Crippen molar-refractivity contribution in [1.29, 1.82) is 0 Å². The van der Waals surface area contributed by atoms with Gasteiger partial charge in [-0.05, 0) is 18.6 Å². The lowest BCUT2D eigenvalue weighted by Crippen LogP contribution is -2.30. The number of hydrogen-bond acceptors (Lipinski definition) is 5. The van der Waals surface area contributed by atoms with Gasteiger partial charge in [0.15, 0.2) is 0 Å². The quantitative estimate of drug-likeness (QED) is 0.635. The molecule has 0 saturated heterocycles. The van der Waals surface area contributed by atoms with Crippen LogP contribution in [0.5, 0.6) is 0 Å². The summed E-state index contributed by atoms with van der Waals surface area (Å²) in [6.45, 7) is 5.60. The molecule has 136 valence electrons. The number of amides is 2. The van der Waals surface area contributed by atoms with E-state index in [9.17, 15) is 4.79 Å². The number of carbonyl (C=O) groups excluding carboxylic acids is 1. The first-order chi connectivity index (χ1) is 12.6. The summed E-state index contributed by atoms with van der Waals surface area (Å²) in [6, 6.07) is 7.02. The second-order valence-electron chi connectivity index (χ2n) is 6.16. The van der Waals surface area contributed by atoms with Crippen molar-refractivity contribution in [1.82, 2.24) is 25.1 Å². The minimum Gasteiger partial charge on any atom is -0.423 e. The molecule has 2 amide bonds. The Kier molecular flexibility index (Phi) is 5.62. The van der Waals surface area contributed by atoms with Gasteiger partial charge in [0, 0.05) is 31.4 Å². The number of aromatic nitrogens is 4. The van der Waals surface area contributed by atoms with Crippen molar-refractivity contribution < 1.29 is 9.21 Å². The van der Waals surface area contributed by atoms with E-state index < -0.39 is 0 Å². The van der Waals surface area contributed by atoms with Gasteiger partial charge in [-0.25, -0.2) is 9.78 Å². The van der Waals surface area contributed by atoms with Crippen molar-refractivity contribution in [3.05, 3.63) is 48.9 Å². The van der Waals surface area contributed by atoms with E-state index in [2.05, 4.69) is 44.2 Å². The van der Waals surface area contributed by atoms with Crippen LogP contribution < -0.4 is 10.6 Å². The monoisotopic (exact) mass is 354 g/mol. The van der Waals surface area contributed by atoms with E-state index in [1.54, 1.807) is 6.07 Å². The lowest BCUT2D eigenvalue weighted by molar-refractivity contribution is 0.252. The molecule has 0 aliphatic heterocycles. The topological polar surface area (TPSA) is 97.9 Å². The molecule has 0 aliphatic carbocycles. The minimum absolute atomic E-state index is 0.272. The number of benzene rings is 1. The molecule has 2 N–H and O–H groups in total. The van der Waals surface area contributed by atoms with Crippen LogP contribution in [0.4, 0.5) is 10.5 Å². The number of urea groups is 1. The van der Waals surface area contributed by atoms with Crippen LogP contribution in [0.2, 0.25) is 0 Å². The van der Waals surface area contributed by atoms with Gasteiger partial charge in [0.1, 0.15) is 5.82 Å². The highest BCUT2D eigenvalue weighted by Gasteiger charge is 2.11. The van der Waals surface area contributed by atoms with E-state index in [-0.39, 0.29) is 6.03 Å². The van der Waals surface area contributed by atoms with Gasteiger partial charge in [-0.1, -0.05) is 26.0 Å². The number of imidazole rings is 1. The first-order valence-electron chi connectivity index (χ1n) is 8.56. The van der Waals surface area contributed by atoms with E-state index >= 15 is 0 Å². The van der Waals surface area contributed by atoms with Gasteiger partial charge in [0.2, 0.25) is 12.3 Å². The highest BCUT2D eigenvalue weighted by Crippen LogP contribution is 2.25. The van der Waals surface area contributed by atoms with Crippen molar-refractivity contribution in [3.8, 4) is 11.5 Å². The third-order valence-electron chi connectivity index (χ3n) is 3.89. The van der Waals surface area contributed by atoms with Crippen molar-refractivity contribution in [2.45, 2.75) is 32.7 Å². The zero-order valence-corrected chi connectivity index (χ0v) is 14.8. The van der Waals surface area contributed by atoms with Crippen molar-refractivity contribution in [2.75, 3.05) is 11.9 Å². The summed E-state index contributed by atoms with van der Waals surface area (Å²) in [5, 5.41) is 13.2. The zero-order valence-electron chi connectivity index (χ0n) is 14.8. The molecule has 8 nitrogen and oxygen atoms in total. The first kappa shape index (κ1) is 17.7. The molecule has 0 bridgehead atoms. The van der Waals surface area contributed by atoms with Crippen molar-refractivity contribution in [3.63, 3.8) is 0 Å². The SMILES string of the molecule is CC(C)c1nccn1CCCNC(=O)Nc1ccccc1-c1nnco1. The Balaban J connectivity index is 1.50. The van der Waals surface area contributed by atoms with Crippen LogP contribution in [-0.2, 0) is 6.54 Å². The normalized spacial score (nSPS) is 10.9. The van der Waals surface area contributed by atoms with Gasteiger partial charge in [0.25, 0.3) is 0 Å². The molecule has 0 unspecified atom stereocenters. The molecule has 26 heavy (non-hydrogen) atoms. The van der Waals surface area contributed by atoms with Crippen LogP contribution in [-0.4, -0.2) is 32.3 Å². The van der Waals surface area contributed by atoms with Gasteiger partial charge >= 0.3 is 6.03 Å². The molecule has 0 saturated carbocycles. The second kappa shape index (κ2) is 8.28. The number of nitrogens with one attached hydrogen (secondary N) is 2. The molecule has 0 atom stereocenters. The Hall–Kier alpha value is -3.16. The van der Waals surface area contributed by atoms with Crippen LogP contribution in [0.1, 0.15) is 32.0 Å². The number of para-hydroxylation sites is 1. The summed E-state index contributed by atoms with van der Waals surface area (Å²) in [5.74, 6) is 1.80. The lowest BCUT2D eigenvalue weighted by atomic mass is 10.2.